The first kappa shape index (κ1) is 31.0. The minimum absolute atomic E-state index is 0.757. The van der Waals surface area contributed by atoms with E-state index in [-0.39, 0.29) is 0 Å². The molecule has 0 fully saturated rings. The number of hydrogen-bond acceptors (Lipinski definition) is 2. The molecule has 0 spiro atoms. The van der Waals surface area contributed by atoms with Crippen LogP contribution in [0.1, 0.15) is 33.4 Å². The fraction of sp³-hybridized carbons (Fsp3) is 0.130. The van der Waals surface area contributed by atoms with Crippen molar-refractivity contribution < 1.29 is 0 Å². The zero-order valence-electron chi connectivity index (χ0n) is 27.3. The molecule has 0 saturated carbocycles. The largest absolute Gasteiger partial charge is 0.236 e. The van der Waals surface area contributed by atoms with Crippen molar-refractivity contribution >= 4 is 0 Å². The van der Waals surface area contributed by atoms with E-state index in [1.165, 1.54) is 44.5 Å². The van der Waals surface area contributed by atoms with Gasteiger partial charge in [-0.25, -0.2) is 9.97 Å². The van der Waals surface area contributed by atoms with Gasteiger partial charge in [0.05, 0.1) is 5.69 Å². The molecule has 0 saturated heterocycles. The standard InChI is InChI=1S/C46H40N2/c1-5-13-35(14-6-1)21-23-37-31-38(24-22-36-15-7-2-8-16-36)33-39(32-37)25-26-44-34-47-46(43-19-11-4-12-20-43)48-45(44)42-29-27-41(28-30-42)40-17-9-3-10-18-40/h1-20,27-34H,21-26H2. The van der Waals surface area contributed by atoms with Gasteiger partial charge in [-0.05, 0) is 83.0 Å². The third-order valence-electron chi connectivity index (χ3n) is 9.05. The molecule has 0 N–H and O–H groups in total. The van der Waals surface area contributed by atoms with E-state index in [0.29, 0.717) is 0 Å². The lowest BCUT2D eigenvalue weighted by molar-refractivity contribution is 0.898. The van der Waals surface area contributed by atoms with Crippen molar-refractivity contribution in [3.63, 3.8) is 0 Å². The Bertz CT molecular complexity index is 1970. The average Bonchev–Trinajstić information content (AvgIpc) is 3.17. The van der Waals surface area contributed by atoms with Gasteiger partial charge in [-0.1, -0.05) is 164 Å². The summed E-state index contributed by atoms with van der Waals surface area (Å²) < 4.78 is 0. The fourth-order valence-electron chi connectivity index (χ4n) is 6.44. The van der Waals surface area contributed by atoms with Crippen LogP contribution in [-0.4, -0.2) is 9.97 Å². The summed E-state index contributed by atoms with van der Waals surface area (Å²) >= 11 is 0. The molecule has 2 heteroatoms. The minimum Gasteiger partial charge on any atom is -0.236 e. The van der Waals surface area contributed by atoms with E-state index in [0.717, 1.165) is 61.2 Å². The first-order chi connectivity index (χ1) is 23.8. The van der Waals surface area contributed by atoms with E-state index in [1.807, 2.05) is 24.4 Å². The van der Waals surface area contributed by atoms with Crippen LogP contribution in [0, 0.1) is 0 Å². The maximum atomic E-state index is 5.18. The molecule has 0 radical (unpaired) electrons. The number of nitrogens with zero attached hydrogens (tertiary/aromatic N) is 2. The van der Waals surface area contributed by atoms with Crippen LogP contribution in [0.3, 0.4) is 0 Å². The van der Waals surface area contributed by atoms with Gasteiger partial charge in [0.1, 0.15) is 0 Å². The predicted molar refractivity (Wildman–Crippen MR) is 200 cm³/mol. The molecule has 234 valence electrons. The van der Waals surface area contributed by atoms with E-state index >= 15 is 0 Å². The average molecular weight is 621 g/mol. The summed E-state index contributed by atoms with van der Waals surface area (Å²) in [5, 5.41) is 0. The fourth-order valence-corrected chi connectivity index (χ4v) is 6.44. The third kappa shape index (κ3) is 8.03. The topological polar surface area (TPSA) is 25.8 Å². The second-order valence-corrected chi connectivity index (χ2v) is 12.5. The van der Waals surface area contributed by atoms with Gasteiger partial charge < -0.3 is 0 Å². The Balaban J connectivity index is 1.17. The summed E-state index contributed by atoms with van der Waals surface area (Å²) in [6.45, 7) is 0. The molecule has 7 aromatic rings. The zero-order chi connectivity index (χ0) is 32.4. The zero-order valence-corrected chi connectivity index (χ0v) is 27.3. The summed E-state index contributed by atoms with van der Waals surface area (Å²) in [6.07, 6.45) is 7.99. The third-order valence-corrected chi connectivity index (χ3v) is 9.05. The minimum atomic E-state index is 0.757. The van der Waals surface area contributed by atoms with Gasteiger partial charge in [-0.2, -0.15) is 0 Å². The van der Waals surface area contributed by atoms with Crippen molar-refractivity contribution in [3.8, 4) is 33.8 Å². The summed E-state index contributed by atoms with van der Waals surface area (Å²) in [5.41, 5.74) is 13.7. The van der Waals surface area contributed by atoms with Gasteiger partial charge in [0.15, 0.2) is 5.82 Å². The highest BCUT2D eigenvalue weighted by Crippen LogP contribution is 2.29. The summed E-state index contributed by atoms with van der Waals surface area (Å²) in [6, 6.07) is 58.5. The molecule has 0 amide bonds. The van der Waals surface area contributed by atoms with Crippen LogP contribution in [-0.2, 0) is 38.5 Å². The Hall–Kier alpha value is -5.60. The molecule has 1 heterocycles. The molecule has 0 bridgehead atoms. The lowest BCUT2D eigenvalue weighted by Gasteiger charge is -2.14. The molecule has 7 rings (SSSR count). The van der Waals surface area contributed by atoms with Gasteiger partial charge in [0.25, 0.3) is 0 Å². The summed E-state index contributed by atoms with van der Waals surface area (Å²) in [5.74, 6) is 0.757. The Kier molecular flexibility index (Phi) is 9.91. The molecule has 0 aliphatic carbocycles. The van der Waals surface area contributed by atoms with Crippen molar-refractivity contribution in [1.29, 1.82) is 0 Å². The number of aromatic nitrogens is 2. The van der Waals surface area contributed by atoms with Gasteiger partial charge in [0, 0.05) is 17.3 Å². The number of hydrogen-bond donors (Lipinski definition) is 0. The second kappa shape index (κ2) is 15.3. The Morgan fingerprint density at radius 3 is 1.25 bits per heavy atom. The molecular formula is C46H40N2. The monoisotopic (exact) mass is 620 g/mol. The van der Waals surface area contributed by atoms with Gasteiger partial charge in [0.2, 0.25) is 0 Å². The lowest BCUT2D eigenvalue weighted by atomic mass is 9.93. The van der Waals surface area contributed by atoms with Crippen LogP contribution in [0.4, 0.5) is 0 Å². The molecule has 6 aromatic carbocycles. The highest BCUT2D eigenvalue weighted by atomic mass is 14.9. The first-order valence-electron chi connectivity index (χ1n) is 17.0. The molecule has 0 atom stereocenters. The van der Waals surface area contributed by atoms with Crippen molar-refractivity contribution in [2.45, 2.75) is 38.5 Å². The van der Waals surface area contributed by atoms with Crippen LogP contribution in [0.15, 0.2) is 170 Å². The Morgan fingerprint density at radius 2 is 0.729 bits per heavy atom. The first-order valence-corrected chi connectivity index (χ1v) is 17.0. The van der Waals surface area contributed by atoms with Gasteiger partial charge in [-0.15, -0.1) is 0 Å². The highest BCUT2D eigenvalue weighted by molar-refractivity contribution is 5.71. The van der Waals surface area contributed by atoms with E-state index in [9.17, 15) is 0 Å². The van der Waals surface area contributed by atoms with Crippen LogP contribution < -0.4 is 0 Å². The normalized spacial score (nSPS) is 11.0. The van der Waals surface area contributed by atoms with Crippen molar-refractivity contribution in [2.75, 3.05) is 0 Å². The van der Waals surface area contributed by atoms with E-state index in [4.69, 9.17) is 9.97 Å². The SMILES string of the molecule is c1ccc(CCc2cc(CCc3ccccc3)cc(CCc3cnc(-c4ccccc4)nc3-c3ccc(-c4ccccc4)cc3)c2)cc1. The highest BCUT2D eigenvalue weighted by Gasteiger charge is 2.13. The second-order valence-electron chi connectivity index (χ2n) is 12.5. The predicted octanol–water partition coefficient (Wildman–Crippen LogP) is 10.8. The summed E-state index contributed by atoms with van der Waals surface area (Å²) in [4.78, 5) is 10.0. The van der Waals surface area contributed by atoms with Crippen molar-refractivity contribution in [2.24, 2.45) is 0 Å². The van der Waals surface area contributed by atoms with Crippen molar-refractivity contribution in [1.82, 2.24) is 9.97 Å². The van der Waals surface area contributed by atoms with Crippen LogP contribution >= 0.6 is 0 Å². The molecule has 0 aliphatic rings. The molecule has 48 heavy (non-hydrogen) atoms. The Labute approximate surface area is 284 Å². The molecule has 2 nitrogen and oxygen atoms in total. The Morgan fingerprint density at radius 1 is 0.333 bits per heavy atom. The van der Waals surface area contributed by atoms with E-state index in [1.54, 1.807) is 0 Å². The van der Waals surface area contributed by atoms with Crippen LogP contribution in [0.25, 0.3) is 33.8 Å². The lowest BCUT2D eigenvalue weighted by Crippen LogP contribution is -2.03. The quantitative estimate of drug-likeness (QED) is 0.136. The maximum Gasteiger partial charge on any atom is 0.159 e. The van der Waals surface area contributed by atoms with Gasteiger partial charge >= 0.3 is 0 Å². The maximum absolute atomic E-state index is 5.18. The number of benzene rings is 6. The van der Waals surface area contributed by atoms with E-state index < -0.39 is 0 Å². The molecule has 0 aliphatic heterocycles. The smallest absolute Gasteiger partial charge is 0.159 e. The van der Waals surface area contributed by atoms with Crippen molar-refractivity contribution in [3.05, 3.63) is 203 Å². The molecular weight excluding hydrogens is 581 g/mol. The van der Waals surface area contributed by atoms with Crippen LogP contribution in [0.5, 0.6) is 0 Å². The number of rotatable bonds is 12. The van der Waals surface area contributed by atoms with Crippen LogP contribution in [0.2, 0.25) is 0 Å². The molecule has 1 aromatic heterocycles. The van der Waals surface area contributed by atoms with Gasteiger partial charge in [-0.3, -0.25) is 0 Å². The van der Waals surface area contributed by atoms with E-state index in [2.05, 4.69) is 146 Å². The molecule has 0 unspecified atom stereocenters. The summed E-state index contributed by atoms with van der Waals surface area (Å²) in [7, 11) is 0. The number of aryl methyl sites for hydroxylation is 6.